The molecule has 0 saturated carbocycles. The maximum Gasteiger partial charge on any atom is 0.260 e. The van der Waals surface area contributed by atoms with Crippen molar-refractivity contribution < 1.29 is 14.3 Å². The first kappa shape index (κ1) is 26.8. The van der Waals surface area contributed by atoms with Crippen molar-refractivity contribution in [3.8, 4) is 17.2 Å². The van der Waals surface area contributed by atoms with E-state index < -0.39 is 5.54 Å². The summed E-state index contributed by atoms with van der Waals surface area (Å²) in [6.45, 7) is 12.2. The molecule has 4 aromatic carbocycles. The molecule has 0 aliphatic carbocycles. The molecular weight excluding hydrogens is 510 g/mol. The Morgan fingerprint density at radius 2 is 1.24 bits per heavy atom. The van der Waals surface area contributed by atoms with E-state index in [4.69, 9.17) is 9.47 Å². The van der Waals surface area contributed by atoms with E-state index in [1.807, 2.05) is 47.4 Å². The van der Waals surface area contributed by atoms with Crippen LogP contribution in [0.1, 0.15) is 54.7 Å². The molecule has 210 valence electrons. The van der Waals surface area contributed by atoms with Crippen molar-refractivity contribution in [3.05, 3.63) is 107 Å². The van der Waals surface area contributed by atoms with E-state index in [0.29, 0.717) is 11.3 Å². The van der Waals surface area contributed by atoms with Crippen LogP contribution in [0.2, 0.25) is 0 Å². The fourth-order valence-corrected chi connectivity index (χ4v) is 6.64. The Hall–Kier alpha value is -4.45. The number of nitrogens with zero attached hydrogens (tertiary/aromatic N) is 3. The number of carbonyl (C=O) groups excluding carboxylic acids is 1. The van der Waals surface area contributed by atoms with Gasteiger partial charge in [0.2, 0.25) is 0 Å². The van der Waals surface area contributed by atoms with Crippen molar-refractivity contribution >= 4 is 23.0 Å². The lowest BCUT2D eigenvalue weighted by molar-refractivity contribution is 0.0985. The first-order valence-corrected chi connectivity index (χ1v) is 14.6. The molecule has 6 heteroatoms. The first-order valence-electron chi connectivity index (χ1n) is 14.6. The van der Waals surface area contributed by atoms with Crippen molar-refractivity contribution in [1.29, 1.82) is 0 Å². The molecule has 0 atom stereocenters. The molecule has 6 rings (SSSR count). The standard InChI is InChI=1S/C35H37N3O3/c1-6-36(7-2)24-18-20-28-32(22-24)41-33-23-25(37(8-3)9-4)19-21-29(33)35(28)27-15-11-10-14-26(27)34(39)38(35)30-16-12-13-17-31(30)40-5/h10-23H,6-9H2,1-5H3. The summed E-state index contributed by atoms with van der Waals surface area (Å²) in [5.41, 5.74) is 5.43. The minimum Gasteiger partial charge on any atom is -0.495 e. The van der Waals surface area contributed by atoms with E-state index in [-0.39, 0.29) is 5.91 Å². The van der Waals surface area contributed by atoms with E-state index >= 15 is 0 Å². The van der Waals surface area contributed by atoms with Crippen molar-refractivity contribution in [2.75, 3.05) is 48.0 Å². The Morgan fingerprint density at radius 3 is 1.80 bits per heavy atom. The predicted molar refractivity (Wildman–Crippen MR) is 166 cm³/mol. The van der Waals surface area contributed by atoms with E-state index in [0.717, 1.165) is 71.4 Å². The fraction of sp³-hybridized carbons (Fsp3) is 0.286. The molecule has 0 saturated heterocycles. The summed E-state index contributed by atoms with van der Waals surface area (Å²) in [5.74, 6) is 2.08. The summed E-state index contributed by atoms with van der Waals surface area (Å²) in [7, 11) is 1.65. The van der Waals surface area contributed by atoms with Gasteiger partial charge in [0, 0.05) is 71.9 Å². The number of para-hydroxylation sites is 2. The normalized spacial score (nSPS) is 14.3. The third-order valence-corrected chi connectivity index (χ3v) is 8.60. The molecule has 4 aromatic rings. The highest BCUT2D eigenvalue weighted by molar-refractivity contribution is 6.15. The predicted octanol–water partition coefficient (Wildman–Crippen LogP) is 7.45. The van der Waals surface area contributed by atoms with Crippen molar-refractivity contribution in [3.63, 3.8) is 0 Å². The monoisotopic (exact) mass is 547 g/mol. The number of carbonyl (C=O) groups is 1. The molecule has 0 N–H and O–H groups in total. The molecule has 0 unspecified atom stereocenters. The fourth-order valence-electron chi connectivity index (χ4n) is 6.64. The Morgan fingerprint density at radius 1 is 0.707 bits per heavy atom. The van der Waals surface area contributed by atoms with Gasteiger partial charge in [-0.2, -0.15) is 0 Å². The topological polar surface area (TPSA) is 45.2 Å². The lowest BCUT2D eigenvalue weighted by Crippen LogP contribution is -2.47. The van der Waals surface area contributed by atoms with Gasteiger partial charge in [-0.1, -0.05) is 42.5 Å². The van der Waals surface area contributed by atoms with Gasteiger partial charge in [0.05, 0.1) is 12.8 Å². The Labute approximate surface area is 242 Å². The second-order valence-corrected chi connectivity index (χ2v) is 10.4. The van der Waals surface area contributed by atoms with Gasteiger partial charge < -0.3 is 19.3 Å². The highest BCUT2D eigenvalue weighted by Gasteiger charge is 2.57. The number of amides is 1. The number of fused-ring (bicyclic) bond motifs is 6. The van der Waals surface area contributed by atoms with Crippen LogP contribution in [-0.4, -0.2) is 39.2 Å². The summed E-state index contributed by atoms with van der Waals surface area (Å²) in [6, 6.07) is 28.6. The smallest absolute Gasteiger partial charge is 0.260 e. The molecule has 0 aromatic heterocycles. The Bertz CT molecular complexity index is 1540. The van der Waals surface area contributed by atoms with E-state index in [1.54, 1.807) is 7.11 Å². The van der Waals surface area contributed by atoms with Gasteiger partial charge in [0.25, 0.3) is 5.91 Å². The van der Waals surface area contributed by atoms with Crippen LogP contribution in [0.5, 0.6) is 17.2 Å². The molecule has 1 amide bonds. The third kappa shape index (κ3) is 3.88. The highest BCUT2D eigenvalue weighted by Crippen LogP contribution is 2.60. The Kier molecular flexibility index (Phi) is 6.86. The Balaban J connectivity index is 1.72. The SMILES string of the molecule is CCN(CC)c1ccc2c(c1)Oc1cc(N(CC)CC)ccc1C21c2ccccc2C(=O)N1c1ccccc1OC. The summed E-state index contributed by atoms with van der Waals surface area (Å²) in [4.78, 5) is 21.0. The van der Waals surface area contributed by atoms with Gasteiger partial charge in [-0.25, -0.2) is 0 Å². The van der Waals surface area contributed by atoms with Gasteiger partial charge in [0.1, 0.15) is 22.8 Å². The van der Waals surface area contributed by atoms with Gasteiger partial charge in [0.15, 0.2) is 0 Å². The number of ether oxygens (including phenoxy) is 2. The zero-order valence-electron chi connectivity index (χ0n) is 24.5. The lowest BCUT2D eigenvalue weighted by Gasteiger charge is -2.45. The highest BCUT2D eigenvalue weighted by atomic mass is 16.5. The molecule has 41 heavy (non-hydrogen) atoms. The van der Waals surface area contributed by atoms with Gasteiger partial charge in [-0.05, 0) is 58.0 Å². The maximum atomic E-state index is 14.5. The van der Waals surface area contributed by atoms with Crippen molar-refractivity contribution in [2.45, 2.75) is 33.2 Å². The number of rotatable bonds is 8. The van der Waals surface area contributed by atoms with Crippen LogP contribution >= 0.6 is 0 Å². The quantitative estimate of drug-likeness (QED) is 0.229. The average Bonchev–Trinajstić information content (AvgIpc) is 3.26. The summed E-state index contributed by atoms with van der Waals surface area (Å²) in [6.07, 6.45) is 0. The molecule has 2 aliphatic rings. The molecule has 0 radical (unpaired) electrons. The number of hydrogen-bond acceptors (Lipinski definition) is 5. The maximum absolute atomic E-state index is 14.5. The van der Waals surface area contributed by atoms with Crippen LogP contribution in [0, 0.1) is 0 Å². The van der Waals surface area contributed by atoms with Crippen LogP contribution in [0.15, 0.2) is 84.9 Å². The summed E-state index contributed by atoms with van der Waals surface area (Å²) >= 11 is 0. The van der Waals surface area contributed by atoms with Crippen LogP contribution in [0.4, 0.5) is 17.1 Å². The molecule has 2 aliphatic heterocycles. The third-order valence-electron chi connectivity index (χ3n) is 8.60. The van der Waals surface area contributed by atoms with Crippen molar-refractivity contribution in [1.82, 2.24) is 0 Å². The van der Waals surface area contributed by atoms with Crippen LogP contribution in [0.3, 0.4) is 0 Å². The van der Waals surface area contributed by atoms with Crippen LogP contribution in [0.25, 0.3) is 0 Å². The lowest BCUT2D eigenvalue weighted by atomic mass is 9.74. The largest absolute Gasteiger partial charge is 0.495 e. The zero-order chi connectivity index (χ0) is 28.7. The summed E-state index contributed by atoms with van der Waals surface area (Å²) in [5, 5.41) is 0. The molecule has 0 bridgehead atoms. The van der Waals surface area contributed by atoms with Crippen LogP contribution < -0.4 is 24.2 Å². The van der Waals surface area contributed by atoms with Gasteiger partial charge in [-0.15, -0.1) is 0 Å². The molecule has 0 fully saturated rings. The van der Waals surface area contributed by atoms with Gasteiger partial charge >= 0.3 is 0 Å². The minimum absolute atomic E-state index is 0.0652. The first-order chi connectivity index (χ1) is 20.0. The number of methoxy groups -OCH3 is 1. The minimum atomic E-state index is -0.950. The summed E-state index contributed by atoms with van der Waals surface area (Å²) < 4.78 is 12.6. The van der Waals surface area contributed by atoms with E-state index in [1.165, 1.54) is 0 Å². The number of hydrogen-bond donors (Lipinski definition) is 0. The second-order valence-electron chi connectivity index (χ2n) is 10.4. The number of benzene rings is 4. The van der Waals surface area contributed by atoms with Crippen LogP contribution in [-0.2, 0) is 5.54 Å². The van der Waals surface area contributed by atoms with Crippen molar-refractivity contribution in [2.24, 2.45) is 0 Å². The van der Waals surface area contributed by atoms with Gasteiger partial charge in [-0.3, -0.25) is 9.69 Å². The molecular formula is C35H37N3O3. The van der Waals surface area contributed by atoms with E-state index in [9.17, 15) is 4.79 Å². The molecule has 6 nitrogen and oxygen atoms in total. The average molecular weight is 548 g/mol. The molecule has 2 heterocycles. The van der Waals surface area contributed by atoms with E-state index in [2.05, 4.69) is 80.0 Å². The number of anilines is 3. The zero-order valence-corrected chi connectivity index (χ0v) is 24.5. The molecule has 1 spiro atoms. The second kappa shape index (κ2) is 10.5.